The van der Waals surface area contributed by atoms with Crippen LogP contribution >= 0.6 is 0 Å². The number of ether oxygens (including phenoxy) is 1. The molecule has 0 bridgehead atoms. The highest BCUT2D eigenvalue weighted by Crippen LogP contribution is 2.33. The molecular weight excluding hydrogens is 597 g/mol. The molecule has 0 radical (unpaired) electrons. The number of methoxy groups -OCH3 is 1. The topological polar surface area (TPSA) is 78.3 Å². The van der Waals surface area contributed by atoms with Gasteiger partial charge in [-0.25, -0.2) is 0 Å². The van der Waals surface area contributed by atoms with Crippen LogP contribution in [0.2, 0.25) is 0 Å². The van der Waals surface area contributed by atoms with E-state index in [4.69, 9.17) is 9.15 Å². The summed E-state index contributed by atoms with van der Waals surface area (Å²) in [6, 6.07) is 18.9. The second-order valence-corrected chi connectivity index (χ2v) is 12.1. The third kappa shape index (κ3) is 7.14. The molecule has 8 nitrogen and oxygen atoms in total. The van der Waals surface area contributed by atoms with Crippen molar-refractivity contribution in [3.8, 4) is 5.75 Å². The van der Waals surface area contributed by atoms with Crippen LogP contribution in [0.1, 0.15) is 50.4 Å². The molecule has 46 heavy (non-hydrogen) atoms. The van der Waals surface area contributed by atoms with E-state index in [-0.39, 0.29) is 23.6 Å². The first-order valence-electron chi connectivity index (χ1n) is 15.5. The third-order valence-corrected chi connectivity index (χ3v) is 8.80. The molecule has 2 amide bonds. The van der Waals surface area contributed by atoms with E-state index in [1.165, 1.54) is 5.56 Å². The number of halogens is 3. The average Bonchev–Trinajstić information content (AvgIpc) is 3.49. The van der Waals surface area contributed by atoms with Gasteiger partial charge in [-0.3, -0.25) is 14.5 Å². The van der Waals surface area contributed by atoms with Crippen LogP contribution in [0, 0.1) is 6.92 Å². The molecule has 2 fully saturated rings. The lowest BCUT2D eigenvalue weighted by Gasteiger charge is -2.36. The monoisotopic (exact) mass is 634 g/mol. The summed E-state index contributed by atoms with van der Waals surface area (Å²) in [5.41, 5.74) is 2.57. The molecule has 1 N–H and O–H groups in total. The number of benzene rings is 3. The van der Waals surface area contributed by atoms with Crippen LogP contribution in [0.4, 0.5) is 18.9 Å². The molecule has 0 atom stereocenters. The fraction of sp³-hybridized carbons (Fsp3) is 0.371. The number of carbonyl (C=O) groups is 2. The number of piperazine rings is 1. The van der Waals surface area contributed by atoms with E-state index in [0.717, 1.165) is 50.4 Å². The molecule has 6 rings (SSSR count). The van der Waals surface area contributed by atoms with Crippen molar-refractivity contribution < 1.29 is 31.9 Å². The first-order valence-corrected chi connectivity index (χ1v) is 15.5. The van der Waals surface area contributed by atoms with Gasteiger partial charge in [-0.05, 0) is 85.5 Å². The Balaban J connectivity index is 1.02. The van der Waals surface area contributed by atoms with Crippen molar-refractivity contribution in [2.45, 2.75) is 38.5 Å². The molecule has 1 aromatic heterocycles. The number of hydrogen-bond acceptors (Lipinski definition) is 6. The van der Waals surface area contributed by atoms with Crippen LogP contribution in [-0.4, -0.2) is 74.0 Å². The number of furan rings is 1. The predicted octanol–water partition coefficient (Wildman–Crippen LogP) is 6.13. The summed E-state index contributed by atoms with van der Waals surface area (Å²) in [5.74, 6) is 0.585. The van der Waals surface area contributed by atoms with Gasteiger partial charge in [0.25, 0.3) is 11.8 Å². The molecule has 11 heteroatoms. The minimum Gasteiger partial charge on any atom is -0.497 e. The highest BCUT2D eigenvalue weighted by atomic mass is 19.4. The number of piperidine rings is 1. The van der Waals surface area contributed by atoms with Crippen LogP contribution in [0.5, 0.6) is 5.75 Å². The summed E-state index contributed by atoms with van der Waals surface area (Å²) in [4.78, 5) is 32.3. The number of aryl methyl sites for hydroxylation is 1. The van der Waals surface area contributed by atoms with Gasteiger partial charge in [0.15, 0.2) is 5.76 Å². The Labute approximate surface area is 265 Å². The highest BCUT2D eigenvalue weighted by Gasteiger charge is 2.32. The maximum absolute atomic E-state index is 13.3. The number of rotatable bonds is 7. The summed E-state index contributed by atoms with van der Waals surface area (Å²) in [5, 5.41) is 3.76. The Bertz CT molecular complexity index is 1700. The molecule has 0 aliphatic carbocycles. The Morgan fingerprint density at radius 3 is 2.30 bits per heavy atom. The zero-order chi connectivity index (χ0) is 32.4. The highest BCUT2D eigenvalue weighted by molar-refractivity contribution is 6.00. The van der Waals surface area contributed by atoms with Gasteiger partial charge in [-0.15, -0.1) is 0 Å². The standard InChI is InChI=1S/C35H37F3N4O4/c1-23-17-27(35(36,37)38)21-29(18-23)41-13-15-42(16-14-41)34(44)25-5-8-31-26(19-25)20-32(46-31)33(43)39-28-9-11-40(12-10-28)22-24-3-6-30(45-2)7-4-24/h3-8,17-21,28H,9-16,22H2,1-2H3,(H,39,43). The predicted molar refractivity (Wildman–Crippen MR) is 169 cm³/mol. The number of alkyl halides is 3. The number of nitrogens with one attached hydrogen (secondary N) is 1. The average molecular weight is 635 g/mol. The summed E-state index contributed by atoms with van der Waals surface area (Å²) in [7, 11) is 1.65. The van der Waals surface area contributed by atoms with Crippen LogP contribution in [0.25, 0.3) is 11.0 Å². The molecule has 2 aliphatic heterocycles. The number of fused-ring (bicyclic) bond motifs is 1. The summed E-state index contributed by atoms with van der Waals surface area (Å²) < 4.78 is 51.0. The molecular formula is C35H37F3N4O4. The van der Waals surface area contributed by atoms with Gasteiger partial charge in [0.05, 0.1) is 12.7 Å². The van der Waals surface area contributed by atoms with Crippen molar-refractivity contribution in [2.75, 3.05) is 51.3 Å². The van der Waals surface area contributed by atoms with Gasteiger partial charge in [0.2, 0.25) is 0 Å². The molecule has 242 valence electrons. The Morgan fingerprint density at radius 2 is 1.63 bits per heavy atom. The maximum atomic E-state index is 13.3. The minimum absolute atomic E-state index is 0.0449. The van der Waals surface area contributed by atoms with Crippen LogP contribution in [-0.2, 0) is 12.7 Å². The largest absolute Gasteiger partial charge is 0.497 e. The number of hydrogen-bond donors (Lipinski definition) is 1. The fourth-order valence-corrected chi connectivity index (χ4v) is 6.23. The molecule has 2 saturated heterocycles. The second kappa shape index (κ2) is 13.1. The van der Waals surface area contributed by atoms with Gasteiger partial charge in [-0.1, -0.05) is 12.1 Å². The quantitative estimate of drug-likeness (QED) is 0.264. The number of anilines is 1. The van der Waals surface area contributed by atoms with Crippen molar-refractivity contribution in [1.29, 1.82) is 0 Å². The van der Waals surface area contributed by atoms with Crippen LogP contribution in [0.3, 0.4) is 0 Å². The lowest BCUT2D eigenvalue weighted by atomic mass is 10.0. The minimum atomic E-state index is -4.42. The Kier molecular flexibility index (Phi) is 8.95. The van der Waals surface area contributed by atoms with Gasteiger partial charge < -0.3 is 24.3 Å². The third-order valence-electron chi connectivity index (χ3n) is 8.80. The first kappa shape index (κ1) is 31.5. The molecule has 4 aromatic rings. The van der Waals surface area contributed by atoms with Crippen molar-refractivity contribution in [1.82, 2.24) is 15.1 Å². The Hall–Kier alpha value is -4.51. The smallest absolute Gasteiger partial charge is 0.416 e. The van der Waals surface area contributed by atoms with Crippen molar-refractivity contribution >= 4 is 28.5 Å². The fourth-order valence-electron chi connectivity index (χ4n) is 6.23. The van der Waals surface area contributed by atoms with E-state index >= 15 is 0 Å². The van der Waals surface area contributed by atoms with E-state index in [9.17, 15) is 22.8 Å². The molecule has 2 aliphatic rings. The van der Waals surface area contributed by atoms with Gasteiger partial charge in [0, 0.05) is 68.5 Å². The van der Waals surface area contributed by atoms with Crippen LogP contribution in [0.15, 0.2) is 71.1 Å². The van der Waals surface area contributed by atoms with Crippen molar-refractivity contribution in [2.24, 2.45) is 0 Å². The number of likely N-dealkylation sites (tertiary alicyclic amines) is 1. The van der Waals surface area contributed by atoms with Gasteiger partial charge in [0.1, 0.15) is 11.3 Å². The van der Waals surface area contributed by atoms with E-state index in [1.807, 2.05) is 17.0 Å². The van der Waals surface area contributed by atoms with E-state index in [2.05, 4.69) is 22.3 Å². The molecule has 3 aromatic carbocycles. The normalized spacial score (nSPS) is 16.5. The van der Waals surface area contributed by atoms with E-state index in [1.54, 1.807) is 49.3 Å². The number of amides is 2. The lowest BCUT2D eigenvalue weighted by molar-refractivity contribution is -0.137. The van der Waals surface area contributed by atoms with Crippen molar-refractivity contribution in [3.05, 3.63) is 94.7 Å². The Morgan fingerprint density at radius 1 is 0.913 bits per heavy atom. The zero-order valence-electron chi connectivity index (χ0n) is 25.9. The van der Waals surface area contributed by atoms with Crippen molar-refractivity contribution in [3.63, 3.8) is 0 Å². The summed E-state index contributed by atoms with van der Waals surface area (Å²) in [6.07, 6.45) is -2.75. The number of nitrogens with zero attached hydrogens (tertiary/aromatic N) is 3. The molecule has 0 saturated carbocycles. The van der Waals surface area contributed by atoms with Crippen LogP contribution < -0.4 is 15.0 Å². The first-order chi connectivity index (χ1) is 22.1. The maximum Gasteiger partial charge on any atom is 0.416 e. The lowest BCUT2D eigenvalue weighted by Crippen LogP contribution is -2.48. The molecule has 0 unspecified atom stereocenters. The van der Waals surface area contributed by atoms with Gasteiger partial charge in [-0.2, -0.15) is 13.2 Å². The van der Waals surface area contributed by atoms with E-state index < -0.39 is 11.7 Å². The number of carbonyl (C=O) groups excluding carboxylic acids is 2. The summed E-state index contributed by atoms with van der Waals surface area (Å²) >= 11 is 0. The zero-order valence-corrected chi connectivity index (χ0v) is 25.9. The summed E-state index contributed by atoms with van der Waals surface area (Å²) in [6.45, 7) is 5.84. The van der Waals surface area contributed by atoms with E-state index in [0.29, 0.717) is 54.0 Å². The molecule has 0 spiro atoms. The SMILES string of the molecule is COc1ccc(CN2CCC(NC(=O)c3cc4cc(C(=O)N5CCN(c6cc(C)cc(C(F)(F)F)c6)CC5)ccc4o3)CC2)cc1. The second-order valence-electron chi connectivity index (χ2n) is 12.1. The molecule has 3 heterocycles. The van der Waals surface area contributed by atoms with Gasteiger partial charge >= 0.3 is 6.18 Å².